The zero-order valence-electron chi connectivity index (χ0n) is 11.8. The largest absolute Gasteiger partial charge is 0.349 e. The number of pyridine rings is 2. The van der Waals surface area contributed by atoms with E-state index in [2.05, 4.69) is 52.1 Å². The third-order valence-electron chi connectivity index (χ3n) is 3.55. The van der Waals surface area contributed by atoms with E-state index in [1.165, 1.54) is 5.56 Å². The quantitative estimate of drug-likeness (QED) is 0.599. The number of nitrogens with zero attached hydrogens (tertiary/aromatic N) is 4. The van der Waals surface area contributed by atoms with Gasteiger partial charge < -0.3 is 0 Å². The second-order valence-corrected chi connectivity index (χ2v) is 5.02. The number of rotatable bonds is 1. The Labute approximate surface area is 112 Å². The molecule has 3 aromatic heterocycles. The SMILES string of the molecule is Cc1cc[n+](C)c(-c2nc3c(ccc[n+]3C)n2C)c1. The first kappa shape index (κ1) is 11.8. The van der Waals surface area contributed by atoms with Crippen LogP contribution < -0.4 is 9.13 Å². The van der Waals surface area contributed by atoms with Crippen LogP contribution in [0, 0.1) is 6.92 Å². The lowest BCUT2D eigenvalue weighted by Crippen LogP contribution is -2.31. The van der Waals surface area contributed by atoms with E-state index in [1.807, 2.05) is 26.4 Å². The topological polar surface area (TPSA) is 25.6 Å². The van der Waals surface area contributed by atoms with E-state index in [0.717, 1.165) is 22.7 Å². The van der Waals surface area contributed by atoms with Gasteiger partial charge in [-0.05, 0) is 29.6 Å². The molecule has 0 aliphatic carbocycles. The van der Waals surface area contributed by atoms with E-state index < -0.39 is 0 Å². The van der Waals surface area contributed by atoms with Gasteiger partial charge in [0.2, 0.25) is 0 Å². The monoisotopic (exact) mass is 254 g/mol. The minimum absolute atomic E-state index is 0.989. The molecule has 0 aliphatic rings. The molecule has 4 heteroatoms. The molecule has 0 fully saturated rings. The van der Waals surface area contributed by atoms with Gasteiger partial charge in [-0.15, -0.1) is 0 Å². The van der Waals surface area contributed by atoms with E-state index in [9.17, 15) is 0 Å². The van der Waals surface area contributed by atoms with Crippen LogP contribution in [0.3, 0.4) is 0 Å². The molecule has 0 saturated heterocycles. The summed E-state index contributed by atoms with van der Waals surface area (Å²) in [7, 11) is 6.14. The fraction of sp³-hybridized carbons (Fsp3) is 0.267. The van der Waals surface area contributed by atoms with Gasteiger partial charge in [0.15, 0.2) is 6.20 Å². The van der Waals surface area contributed by atoms with Crippen LogP contribution in [0.25, 0.3) is 22.7 Å². The highest BCUT2D eigenvalue weighted by atomic mass is 15.1. The average Bonchev–Trinajstić information content (AvgIpc) is 2.72. The van der Waals surface area contributed by atoms with Gasteiger partial charge in [-0.25, -0.2) is 4.57 Å². The Morgan fingerprint density at radius 3 is 2.63 bits per heavy atom. The lowest BCUT2D eigenvalue weighted by atomic mass is 10.2. The molecule has 0 atom stereocenters. The summed E-state index contributed by atoms with van der Waals surface area (Å²) in [4.78, 5) is 4.79. The number of imidazole rings is 1. The molecule has 0 bridgehead atoms. The Balaban J connectivity index is 2.34. The minimum atomic E-state index is 0.989. The third kappa shape index (κ3) is 1.80. The molecular weight excluding hydrogens is 236 g/mol. The summed E-state index contributed by atoms with van der Waals surface area (Å²) in [6.07, 6.45) is 4.10. The molecular formula is C15H18N4+2. The molecule has 0 aliphatic heterocycles. The molecule has 0 spiro atoms. The maximum atomic E-state index is 4.79. The second kappa shape index (κ2) is 4.16. The molecule has 0 radical (unpaired) electrons. The summed E-state index contributed by atoms with van der Waals surface area (Å²) >= 11 is 0. The molecule has 3 heterocycles. The third-order valence-corrected chi connectivity index (χ3v) is 3.55. The maximum absolute atomic E-state index is 4.79. The van der Waals surface area contributed by atoms with Crippen LogP contribution in [0.5, 0.6) is 0 Å². The molecule has 3 rings (SSSR count). The Hall–Kier alpha value is -2.23. The molecule has 3 aromatic rings. The zero-order chi connectivity index (χ0) is 13.6. The average molecular weight is 254 g/mol. The predicted octanol–water partition coefficient (Wildman–Crippen LogP) is 1.20. The Bertz CT molecular complexity index is 771. The summed E-state index contributed by atoms with van der Waals surface area (Å²) in [6, 6.07) is 8.42. The summed E-state index contributed by atoms with van der Waals surface area (Å²) in [5.74, 6) is 0.989. The Kier molecular flexibility index (Phi) is 2.59. The number of aryl methyl sites for hydroxylation is 4. The van der Waals surface area contributed by atoms with E-state index in [1.54, 1.807) is 0 Å². The van der Waals surface area contributed by atoms with Crippen molar-refractivity contribution in [2.45, 2.75) is 6.92 Å². The van der Waals surface area contributed by atoms with Crippen LogP contribution in [-0.2, 0) is 21.1 Å². The van der Waals surface area contributed by atoms with Crippen molar-refractivity contribution in [1.29, 1.82) is 0 Å². The molecule has 4 nitrogen and oxygen atoms in total. The van der Waals surface area contributed by atoms with Crippen LogP contribution in [-0.4, -0.2) is 9.55 Å². The lowest BCUT2D eigenvalue weighted by molar-refractivity contribution is -0.661. The molecule has 0 aromatic carbocycles. The Morgan fingerprint density at radius 1 is 1.11 bits per heavy atom. The van der Waals surface area contributed by atoms with Gasteiger partial charge in [-0.2, -0.15) is 4.57 Å². The van der Waals surface area contributed by atoms with Crippen molar-refractivity contribution in [2.75, 3.05) is 0 Å². The van der Waals surface area contributed by atoms with Crippen molar-refractivity contribution < 1.29 is 9.13 Å². The van der Waals surface area contributed by atoms with Crippen LogP contribution in [0.1, 0.15) is 5.56 Å². The zero-order valence-corrected chi connectivity index (χ0v) is 11.8. The van der Waals surface area contributed by atoms with Gasteiger partial charge in [-0.1, -0.05) is 0 Å². The van der Waals surface area contributed by atoms with Gasteiger partial charge in [0, 0.05) is 19.2 Å². The van der Waals surface area contributed by atoms with E-state index >= 15 is 0 Å². The molecule has 19 heavy (non-hydrogen) atoms. The van der Waals surface area contributed by atoms with Crippen LogP contribution >= 0.6 is 0 Å². The highest BCUT2D eigenvalue weighted by molar-refractivity contribution is 5.73. The smallest absolute Gasteiger partial charge is 0.296 e. The lowest BCUT2D eigenvalue weighted by Gasteiger charge is -1.98. The number of hydrogen-bond acceptors (Lipinski definition) is 1. The molecule has 96 valence electrons. The fourth-order valence-corrected chi connectivity index (χ4v) is 2.40. The van der Waals surface area contributed by atoms with Crippen LogP contribution in [0.15, 0.2) is 36.7 Å². The first-order valence-electron chi connectivity index (χ1n) is 6.35. The molecule has 0 unspecified atom stereocenters. The van der Waals surface area contributed by atoms with Gasteiger partial charge in [-0.3, -0.25) is 4.57 Å². The highest BCUT2D eigenvalue weighted by Crippen LogP contribution is 2.19. The first-order chi connectivity index (χ1) is 9.08. The van der Waals surface area contributed by atoms with E-state index in [0.29, 0.717) is 0 Å². The van der Waals surface area contributed by atoms with Crippen molar-refractivity contribution in [1.82, 2.24) is 9.55 Å². The first-order valence-corrected chi connectivity index (χ1v) is 6.35. The molecule has 0 N–H and O–H groups in total. The van der Waals surface area contributed by atoms with Crippen molar-refractivity contribution in [3.8, 4) is 11.5 Å². The minimum Gasteiger partial charge on any atom is -0.296 e. The van der Waals surface area contributed by atoms with Crippen LogP contribution in [0.2, 0.25) is 0 Å². The summed E-state index contributed by atoms with van der Waals surface area (Å²) in [6.45, 7) is 2.10. The summed E-state index contributed by atoms with van der Waals surface area (Å²) in [5, 5.41) is 0. The van der Waals surface area contributed by atoms with Gasteiger partial charge in [0.05, 0.1) is 13.2 Å². The van der Waals surface area contributed by atoms with Gasteiger partial charge >= 0.3 is 11.5 Å². The second-order valence-electron chi connectivity index (χ2n) is 5.02. The number of hydrogen-bond donors (Lipinski definition) is 0. The number of fused-ring (bicyclic) bond motifs is 1. The predicted molar refractivity (Wildman–Crippen MR) is 73.2 cm³/mol. The van der Waals surface area contributed by atoms with E-state index in [-0.39, 0.29) is 0 Å². The van der Waals surface area contributed by atoms with Crippen molar-refractivity contribution >= 4 is 11.2 Å². The van der Waals surface area contributed by atoms with Crippen molar-refractivity contribution in [3.05, 3.63) is 42.2 Å². The van der Waals surface area contributed by atoms with Crippen LogP contribution in [0.4, 0.5) is 0 Å². The standard InChI is InChI=1S/C15H18N4/c1-11-7-9-17(2)13(10-11)15-16-14-12(19(15)4)6-5-8-18(14)3/h5-10H,1-4H3/q+2. The molecule has 0 saturated carbocycles. The highest BCUT2D eigenvalue weighted by Gasteiger charge is 2.25. The normalized spacial score (nSPS) is 11.2. The summed E-state index contributed by atoms with van der Waals surface area (Å²) < 4.78 is 6.30. The Morgan fingerprint density at radius 2 is 1.89 bits per heavy atom. The van der Waals surface area contributed by atoms with Crippen molar-refractivity contribution in [3.63, 3.8) is 0 Å². The van der Waals surface area contributed by atoms with Gasteiger partial charge in [0.25, 0.3) is 5.69 Å². The maximum Gasteiger partial charge on any atom is 0.349 e. The fourth-order valence-electron chi connectivity index (χ4n) is 2.40. The number of aromatic nitrogens is 4. The van der Waals surface area contributed by atoms with E-state index in [4.69, 9.17) is 4.98 Å². The molecule has 0 amide bonds. The van der Waals surface area contributed by atoms with Crippen molar-refractivity contribution in [2.24, 2.45) is 21.1 Å². The van der Waals surface area contributed by atoms with Gasteiger partial charge in [0.1, 0.15) is 12.6 Å². The summed E-state index contributed by atoms with van der Waals surface area (Å²) in [5.41, 5.74) is 4.51.